The van der Waals surface area contributed by atoms with Crippen molar-refractivity contribution in [2.24, 2.45) is 0 Å². The van der Waals surface area contributed by atoms with Crippen molar-refractivity contribution in [3.63, 3.8) is 0 Å². The topological polar surface area (TPSA) is 20.3 Å². The standard InChI is InChI=1S/C10H10BrNO/c11-7-10(13)12-6-5-8-3-1-2-4-9(8)12/h1-4H,5-7H2. The average Bonchev–Trinajstić information content (AvgIpc) is 2.60. The monoisotopic (exact) mass is 239 g/mol. The number of halogens is 1. The Kier molecular flexibility index (Phi) is 2.36. The third kappa shape index (κ3) is 1.48. The van der Waals surface area contributed by atoms with Gasteiger partial charge in [0, 0.05) is 12.2 Å². The van der Waals surface area contributed by atoms with E-state index in [0.29, 0.717) is 5.33 Å². The lowest BCUT2D eigenvalue weighted by atomic mass is 10.2. The molecular weight excluding hydrogens is 230 g/mol. The highest BCUT2D eigenvalue weighted by molar-refractivity contribution is 9.09. The molecule has 0 radical (unpaired) electrons. The zero-order valence-electron chi connectivity index (χ0n) is 7.16. The van der Waals surface area contributed by atoms with Crippen LogP contribution in [0.15, 0.2) is 24.3 Å². The predicted molar refractivity (Wildman–Crippen MR) is 56.3 cm³/mol. The van der Waals surface area contributed by atoms with Crippen LogP contribution in [0.5, 0.6) is 0 Å². The number of amides is 1. The first-order valence-corrected chi connectivity index (χ1v) is 5.39. The fraction of sp³-hybridized carbons (Fsp3) is 0.300. The van der Waals surface area contributed by atoms with Crippen LogP contribution in [-0.2, 0) is 11.2 Å². The van der Waals surface area contributed by atoms with Crippen molar-refractivity contribution < 1.29 is 4.79 Å². The van der Waals surface area contributed by atoms with Gasteiger partial charge in [0.2, 0.25) is 5.91 Å². The molecule has 0 aromatic heterocycles. The lowest BCUT2D eigenvalue weighted by molar-refractivity contribution is -0.116. The second kappa shape index (κ2) is 3.50. The van der Waals surface area contributed by atoms with E-state index < -0.39 is 0 Å². The Bertz CT molecular complexity index is 337. The van der Waals surface area contributed by atoms with Gasteiger partial charge in [0.1, 0.15) is 0 Å². The average molecular weight is 240 g/mol. The summed E-state index contributed by atoms with van der Waals surface area (Å²) < 4.78 is 0. The summed E-state index contributed by atoms with van der Waals surface area (Å²) in [5.41, 5.74) is 2.35. The van der Waals surface area contributed by atoms with E-state index in [1.54, 1.807) is 0 Å². The van der Waals surface area contributed by atoms with Crippen LogP contribution in [0.25, 0.3) is 0 Å². The van der Waals surface area contributed by atoms with E-state index in [2.05, 4.69) is 22.0 Å². The summed E-state index contributed by atoms with van der Waals surface area (Å²) in [6.07, 6.45) is 0.981. The molecule has 1 aromatic carbocycles. The molecule has 3 heteroatoms. The normalized spacial score (nSPS) is 14.4. The van der Waals surface area contributed by atoms with Crippen molar-refractivity contribution in [3.05, 3.63) is 29.8 Å². The highest BCUT2D eigenvalue weighted by atomic mass is 79.9. The van der Waals surface area contributed by atoms with Gasteiger partial charge in [0.05, 0.1) is 5.33 Å². The van der Waals surface area contributed by atoms with Gasteiger partial charge in [-0.2, -0.15) is 0 Å². The quantitative estimate of drug-likeness (QED) is 0.687. The van der Waals surface area contributed by atoms with Crippen molar-refractivity contribution in [3.8, 4) is 0 Å². The van der Waals surface area contributed by atoms with Gasteiger partial charge in [0.25, 0.3) is 0 Å². The molecule has 0 unspecified atom stereocenters. The van der Waals surface area contributed by atoms with Crippen LogP contribution in [0, 0.1) is 0 Å². The Morgan fingerprint density at radius 2 is 2.23 bits per heavy atom. The number of nitrogens with zero attached hydrogens (tertiary/aromatic N) is 1. The van der Waals surface area contributed by atoms with Crippen LogP contribution in [0.3, 0.4) is 0 Å². The van der Waals surface area contributed by atoms with E-state index in [9.17, 15) is 4.79 Å². The van der Waals surface area contributed by atoms with E-state index in [1.165, 1.54) is 5.56 Å². The molecule has 1 amide bonds. The maximum atomic E-state index is 11.5. The minimum absolute atomic E-state index is 0.143. The van der Waals surface area contributed by atoms with Crippen LogP contribution in [-0.4, -0.2) is 17.8 Å². The zero-order chi connectivity index (χ0) is 9.26. The molecule has 0 saturated carbocycles. The number of rotatable bonds is 1. The Morgan fingerprint density at radius 3 is 3.00 bits per heavy atom. The summed E-state index contributed by atoms with van der Waals surface area (Å²) in [6, 6.07) is 8.07. The van der Waals surface area contributed by atoms with Gasteiger partial charge in [-0.1, -0.05) is 34.1 Å². The fourth-order valence-corrected chi connectivity index (χ4v) is 1.97. The largest absolute Gasteiger partial charge is 0.311 e. The number of hydrogen-bond acceptors (Lipinski definition) is 1. The lowest BCUT2D eigenvalue weighted by Crippen LogP contribution is -2.29. The van der Waals surface area contributed by atoms with Gasteiger partial charge >= 0.3 is 0 Å². The number of benzene rings is 1. The van der Waals surface area contributed by atoms with E-state index >= 15 is 0 Å². The number of carbonyl (C=O) groups is 1. The molecule has 0 aliphatic carbocycles. The summed E-state index contributed by atoms with van der Waals surface area (Å²) >= 11 is 3.19. The molecule has 0 spiro atoms. The fourth-order valence-electron chi connectivity index (χ4n) is 1.67. The molecule has 0 atom stereocenters. The molecule has 0 bridgehead atoms. The summed E-state index contributed by atoms with van der Waals surface area (Å²) in [5.74, 6) is 0.143. The van der Waals surface area contributed by atoms with Crippen LogP contribution in [0.1, 0.15) is 5.56 Å². The molecule has 13 heavy (non-hydrogen) atoms. The maximum Gasteiger partial charge on any atom is 0.237 e. The third-order valence-corrected chi connectivity index (χ3v) is 2.78. The molecule has 0 saturated heterocycles. The van der Waals surface area contributed by atoms with Crippen molar-refractivity contribution in [2.45, 2.75) is 6.42 Å². The Morgan fingerprint density at radius 1 is 1.46 bits per heavy atom. The third-order valence-electron chi connectivity index (χ3n) is 2.30. The summed E-state index contributed by atoms with van der Waals surface area (Å²) in [7, 11) is 0. The number of alkyl halides is 1. The van der Waals surface area contributed by atoms with Crippen LogP contribution < -0.4 is 4.90 Å². The molecule has 0 fully saturated rings. The van der Waals surface area contributed by atoms with E-state index in [4.69, 9.17) is 0 Å². The smallest absolute Gasteiger partial charge is 0.237 e. The molecule has 0 N–H and O–H groups in total. The summed E-state index contributed by atoms with van der Waals surface area (Å²) in [5, 5.41) is 0.404. The van der Waals surface area contributed by atoms with Crippen LogP contribution in [0.2, 0.25) is 0 Å². The van der Waals surface area contributed by atoms with Crippen molar-refractivity contribution >= 4 is 27.5 Å². The predicted octanol–water partition coefficient (Wildman–Crippen LogP) is 1.97. The molecular formula is C10H10BrNO. The zero-order valence-corrected chi connectivity index (χ0v) is 8.75. The SMILES string of the molecule is O=C(CBr)N1CCc2ccccc21. The van der Waals surface area contributed by atoms with Gasteiger partial charge < -0.3 is 4.90 Å². The van der Waals surface area contributed by atoms with Gasteiger partial charge in [-0.05, 0) is 18.1 Å². The van der Waals surface area contributed by atoms with Gasteiger partial charge in [-0.15, -0.1) is 0 Å². The molecule has 2 rings (SSSR count). The highest BCUT2D eigenvalue weighted by Gasteiger charge is 2.22. The Balaban J connectivity index is 2.33. The van der Waals surface area contributed by atoms with Crippen molar-refractivity contribution in [1.82, 2.24) is 0 Å². The van der Waals surface area contributed by atoms with E-state index in [1.807, 2.05) is 23.1 Å². The van der Waals surface area contributed by atoms with Gasteiger partial charge in [-0.25, -0.2) is 0 Å². The molecule has 2 nitrogen and oxygen atoms in total. The molecule has 1 aliphatic rings. The second-order valence-corrected chi connectivity index (χ2v) is 3.62. The van der Waals surface area contributed by atoms with Gasteiger partial charge in [-0.3, -0.25) is 4.79 Å². The molecule has 1 heterocycles. The summed E-state index contributed by atoms with van der Waals surface area (Å²) in [4.78, 5) is 13.3. The molecule has 68 valence electrons. The number of para-hydroxylation sites is 1. The minimum Gasteiger partial charge on any atom is -0.311 e. The van der Waals surface area contributed by atoms with E-state index in [-0.39, 0.29) is 5.91 Å². The highest BCUT2D eigenvalue weighted by Crippen LogP contribution is 2.27. The number of hydrogen-bond donors (Lipinski definition) is 0. The summed E-state index contributed by atoms with van der Waals surface area (Å²) in [6.45, 7) is 0.823. The maximum absolute atomic E-state index is 11.5. The van der Waals surface area contributed by atoms with Crippen LogP contribution >= 0.6 is 15.9 Å². The number of anilines is 1. The van der Waals surface area contributed by atoms with Crippen molar-refractivity contribution in [1.29, 1.82) is 0 Å². The van der Waals surface area contributed by atoms with E-state index in [0.717, 1.165) is 18.7 Å². The Hall–Kier alpha value is -0.830. The number of fused-ring (bicyclic) bond motifs is 1. The molecule has 1 aromatic rings. The number of carbonyl (C=O) groups excluding carboxylic acids is 1. The minimum atomic E-state index is 0.143. The Labute approximate surface area is 85.7 Å². The first-order valence-electron chi connectivity index (χ1n) is 4.27. The first-order chi connectivity index (χ1) is 6.33. The van der Waals surface area contributed by atoms with Crippen molar-refractivity contribution in [2.75, 3.05) is 16.8 Å². The molecule has 1 aliphatic heterocycles. The first kappa shape index (κ1) is 8.75. The lowest BCUT2D eigenvalue weighted by Gasteiger charge is -2.15. The van der Waals surface area contributed by atoms with Crippen LogP contribution in [0.4, 0.5) is 5.69 Å². The van der Waals surface area contributed by atoms with Gasteiger partial charge in [0.15, 0.2) is 0 Å². The second-order valence-electron chi connectivity index (χ2n) is 3.06.